The molecule has 0 aliphatic carbocycles. The summed E-state index contributed by atoms with van der Waals surface area (Å²) in [6.45, 7) is 3.37. The molecule has 1 fully saturated rings. The number of rotatable bonds is 4. The van der Waals surface area contributed by atoms with Gasteiger partial charge in [0.15, 0.2) is 0 Å². The molecular weight excluding hydrogens is 218 g/mol. The number of nitrogens with one attached hydrogen (secondary N) is 1. The number of hydrogen-bond acceptors (Lipinski definition) is 4. The minimum Gasteiger partial charge on any atom is -0.318 e. The van der Waals surface area contributed by atoms with Gasteiger partial charge in [-0.25, -0.2) is 0 Å². The second kappa shape index (κ2) is 6.23. The molecule has 1 aromatic rings. The number of aromatic nitrogens is 1. The summed E-state index contributed by atoms with van der Waals surface area (Å²) < 4.78 is 0. The SMILES string of the molecule is CNCC(c1cccnc1)N1CCSCC1. The smallest absolute Gasteiger partial charge is 0.0488 e. The molecule has 16 heavy (non-hydrogen) atoms. The van der Waals surface area contributed by atoms with Crippen molar-refractivity contribution in [3.8, 4) is 0 Å². The van der Waals surface area contributed by atoms with Crippen LogP contribution in [0.3, 0.4) is 0 Å². The third-order valence-corrected chi connectivity index (χ3v) is 3.90. The van der Waals surface area contributed by atoms with E-state index in [9.17, 15) is 0 Å². The maximum absolute atomic E-state index is 4.22. The van der Waals surface area contributed by atoms with Gasteiger partial charge >= 0.3 is 0 Å². The Morgan fingerprint density at radius 1 is 1.50 bits per heavy atom. The Balaban J connectivity index is 2.09. The quantitative estimate of drug-likeness (QED) is 0.856. The van der Waals surface area contributed by atoms with Crippen molar-refractivity contribution in [3.63, 3.8) is 0 Å². The van der Waals surface area contributed by atoms with Crippen LogP contribution in [-0.2, 0) is 0 Å². The molecule has 1 aromatic heterocycles. The number of thioether (sulfide) groups is 1. The summed E-state index contributed by atoms with van der Waals surface area (Å²) in [4.78, 5) is 6.78. The first-order chi connectivity index (χ1) is 7.92. The number of hydrogen-bond donors (Lipinski definition) is 1. The maximum atomic E-state index is 4.22. The number of likely N-dealkylation sites (N-methyl/N-ethyl adjacent to an activating group) is 1. The van der Waals surface area contributed by atoms with E-state index in [1.54, 1.807) is 0 Å². The van der Waals surface area contributed by atoms with E-state index in [1.807, 2.05) is 25.5 Å². The predicted octanol–water partition coefficient (Wildman–Crippen LogP) is 1.39. The lowest BCUT2D eigenvalue weighted by Gasteiger charge is -2.34. The standard InChI is InChI=1S/C12H19N3S/c1-13-10-12(11-3-2-4-14-9-11)15-5-7-16-8-6-15/h2-4,9,12-13H,5-8,10H2,1H3. The Kier molecular flexibility index (Phi) is 4.63. The molecule has 0 spiro atoms. The average Bonchev–Trinajstić information content (AvgIpc) is 2.38. The van der Waals surface area contributed by atoms with Gasteiger partial charge in [-0.15, -0.1) is 0 Å². The molecule has 0 bridgehead atoms. The van der Waals surface area contributed by atoms with Gasteiger partial charge in [-0.1, -0.05) is 6.07 Å². The summed E-state index contributed by atoms with van der Waals surface area (Å²) in [5, 5.41) is 3.29. The summed E-state index contributed by atoms with van der Waals surface area (Å²) in [5.41, 5.74) is 1.32. The summed E-state index contributed by atoms with van der Waals surface area (Å²) in [6.07, 6.45) is 3.83. The minimum absolute atomic E-state index is 0.472. The van der Waals surface area contributed by atoms with Gasteiger partial charge in [0.2, 0.25) is 0 Å². The molecule has 3 nitrogen and oxygen atoms in total. The molecular formula is C12H19N3S. The first kappa shape index (κ1) is 11.9. The minimum atomic E-state index is 0.472. The van der Waals surface area contributed by atoms with Crippen LogP contribution in [0.2, 0.25) is 0 Å². The van der Waals surface area contributed by atoms with E-state index in [4.69, 9.17) is 0 Å². The highest BCUT2D eigenvalue weighted by atomic mass is 32.2. The van der Waals surface area contributed by atoms with Crippen LogP contribution in [0.25, 0.3) is 0 Å². The largest absolute Gasteiger partial charge is 0.318 e. The van der Waals surface area contributed by atoms with Crippen molar-refractivity contribution in [1.82, 2.24) is 15.2 Å². The van der Waals surface area contributed by atoms with Crippen molar-refractivity contribution in [3.05, 3.63) is 30.1 Å². The van der Waals surface area contributed by atoms with E-state index in [-0.39, 0.29) is 0 Å². The molecule has 0 aromatic carbocycles. The second-order valence-electron chi connectivity index (χ2n) is 4.01. The van der Waals surface area contributed by atoms with Gasteiger partial charge in [-0.05, 0) is 18.7 Å². The molecule has 1 unspecified atom stereocenters. The van der Waals surface area contributed by atoms with Crippen LogP contribution in [0.15, 0.2) is 24.5 Å². The highest BCUT2D eigenvalue weighted by Gasteiger charge is 2.21. The summed E-state index contributed by atoms with van der Waals surface area (Å²) in [7, 11) is 2.02. The van der Waals surface area contributed by atoms with Crippen molar-refractivity contribution < 1.29 is 0 Å². The summed E-state index contributed by atoms with van der Waals surface area (Å²) >= 11 is 2.05. The van der Waals surface area contributed by atoms with Gasteiger partial charge in [-0.3, -0.25) is 9.88 Å². The fourth-order valence-corrected chi connectivity index (χ4v) is 3.04. The first-order valence-electron chi connectivity index (χ1n) is 5.78. The van der Waals surface area contributed by atoms with Crippen LogP contribution in [0, 0.1) is 0 Å². The van der Waals surface area contributed by atoms with Crippen molar-refractivity contribution in [2.75, 3.05) is 38.2 Å². The van der Waals surface area contributed by atoms with E-state index in [1.165, 1.54) is 30.2 Å². The molecule has 1 aliphatic rings. The Morgan fingerprint density at radius 2 is 2.31 bits per heavy atom. The maximum Gasteiger partial charge on any atom is 0.0488 e. The first-order valence-corrected chi connectivity index (χ1v) is 6.93. The molecule has 2 rings (SSSR count). The Labute approximate surface area is 102 Å². The van der Waals surface area contributed by atoms with Gasteiger partial charge < -0.3 is 5.32 Å². The normalized spacial score (nSPS) is 19.6. The molecule has 1 saturated heterocycles. The Hall–Kier alpha value is -0.580. The Morgan fingerprint density at radius 3 is 2.94 bits per heavy atom. The number of pyridine rings is 1. The zero-order valence-electron chi connectivity index (χ0n) is 9.72. The van der Waals surface area contributed by atoms with Gasteiger partial charge in [0, 0.05) is 49.6 Å². The van der Waals surface area contributed by atoms with E-state index in [0.717, 1.165) is 6.54 Å². The lowest BCUT2D eigenvalue weighted by molar-refractivity contribution is 0.215. The Bertz CT molecular complexity index is 298. The molecule has 1 aliphatic heterocycles. The lowest BCUT2D eigenvalue weighted by atomic mass is 10.1. The molecule has 1 N–H and O–H groups in total. The van der Waals surface area contributed by atoms with Crippen LogP contribution in [0.4, 0.5) is 0 Å². The second-order valence-corrected chi connectivity index (χ2v) is 5.23. The van der Waals surface area contributed by atoms with Crippen molar-refractivity contribution >= 4 is 11.8 Å². The molecule has 4 heteroatoms. The van der Waals surface area contributed by atoms with Crippen molar-refractivity contribution in [2.24, 2.45) is 0 Å². The van der Waals surface area contributed by atoms with E-state index < -0.39 is 0 Å². The van der Waals surface area contributed by atoms with Crippen molar-refractivity contribution in [2.45, 2.75) is 6.04 Å². The van der Waals surface area contributed by atoms with E-state index in [2.05, 4.69) is 33.0 Å². The molecule has 88 valence electrons. The molecule has 0 amide bonds. The fraction of sp³-hybridized carbons (Fsp3) is 0.583. The van der Waals surface area contributed by atoms with Crippen LogP contribution in [-0.4, -0.2) is 48.1 Å². The predicted molar refractivity (Wildman–Crippen MR) is 69.8 cm³/mol. The third kappa shape index (κ3) is 2.97. The lowest BCUT2D eigenvalue weighted by Crippen LogP contribution is -2.40. The van der Waals surface area contributed by atoms with Crippen LogP contribution < -0.4 is 5.32 Å². The molecule has 1 atom stereocenters. The van der Waals surface area contributed by atoms with Crippen LogP contribution in [0.5, 0.6) is 0 Å². The van der Waals surface area contributed by atoms with Crippen LogP contribution in [0.1, 0.15) is 11.6 Å². The van der Waals surface area contributed by atoms with Crippen molar-refractivity contribution in [1.29, 1.82) is 0 Å². The van der Waals surface area contributed by atoms with Gasteiger partial charge in [0.05, 0.1) is 0 Å². The average molecular weight is 237 g/mol. The van der Waals surface area contributed by atoms with Gasteiger partial charge in [-0.2, -0.15) is 11.8 Å². The zero-order chi connectivity index (χ0) is 11.2. The molecule has 0 saturated carbocycles. The van der Waals surface area contributed by atoms with Gasteiger partial charge in [0.1, 0.15) is 0 Å². The van der Waals surface area contributed by atoms with Crippen LogP contribution >= 0.6 is 11.8 Å². The summed E-state index contributed by atoms with van der Waals surface area (Å²) in [5.74, 6) is 2.50. The number of nitrogens with zero attached hydrogens (tertiary/aromatic N) is 2. The third-order valence-electron chi connectivity index (χ3n) is 2.95. The highest BCUT2D eigenvalue weighted by Crippen LogP contribution is 2.22. The fourth-order valence-electron chi connectivity index (χ4n) is 2.11. The molecule has 2 heterocycles. The van der Waals surface area contributed by atoms with E-state index >= 15 is 0 Å². The van der Waals surface area contributed by atoms with Gasteiger partial charge in [0.25, 0.3) is 0 Å². The zero-order valence-corrected chi connectivity index (χ0v) is 10.5. The highest BCUT2D eigenvalue weighted by molar-refractivity contribution is 7.99. The van der Waals surface area contributed by atoms with E-state index in [0.29, 0.717) is 6.04 Å². The monoisotopic (exact) mass is 237 g/mol. The summed E-state index contributed by atoms with van der Waals surface area (Å²) in [6, 6.07) is 4.67. The topological polar surface area (TPSA) is 28.2 Å². The molecule has 0 radical (unpaired) electrons.